The summed E-state index contributed by atoms with van der Waals surface area (Å²) in [6.07, 6.45) is 1.62. The lowest BCUT2D eigenvalue weighted by molar-refractivity contribution is 0.0531. The minimum Gasteiger partial charge on any atom is -0.462 e. The minimum absolute atomic E-state index is 0.305. The number of ether oxygens (including phenoxy) is 1. The van der Waals surface area contributed by atoms with E-state index in [1.807, 2.05) is 44.2 Å². The largest absolute Gasteiger partial charge is 0.462 e. The third-order valence-corrected chi connectivity index (χ3v) is 8.20. The molecule has 0 radical (unpaired) electrons. The highest BCUT2D eigenvalue weighted by Crippen LogP contribution is 2.36. The number of thiophene rings is 1. The number of esters is 1. The van der Waals surface area contributed by atoms with E-state index in [9.17, 15) is 13.2 Å². The Labute approximate surface area is 197 Å². The van der Waals surface area contributed by atoms with Gasteiger partial charge in [0.15, 0.2) is 0 Å². The van der Waals surface area contributed by atoms with Gasteiger partial charge in [0, 0.05) is 31.6 Å². The maximum Gasteiger partial charge on any atom is 0.348 e. The fourth-order valence-electron chi connectivity index (χ4n) is 3.81. The number of anilines is 1. The van der Waals surface area contributed by atoms with Crippen molar-refractivity contribution in [2.75, 3.05) is 37.7 Å². The quantitative estimate of drug-likeness (QED) is 0.492. The topological polar surface area (TPSA) is 92.7 Å². The van der Waals surface area contributed by atoms with E-state index in [0.29, 0.717) is 43.5 Å². The molecule has 0 atom stereocenters. The first-order valence-electron chi connectivity index (χ1n) is 10.7. The van der Waals surface area contributed by atoms with Crippen LogP contribution in [0.3, 0.4) is 0 Å². The Morgan fingerprint density at radius 3 is 2.48 bits per heavy atom. The molecule has 3 heterocycles. The zero-order chi connectivity index (χ0) is 23.6. The van der Waals surface area contributed by atoms with Gasteiger partial charge in [-0.05, 0) is 38.0 Å². The molecule has 0 amide bonds. The molecular formula is C23H26N4O4S2. The molecule has 174 valence electrons. The van der Waals surface area contributed by atoms with Crippen molar-refractivity contribution >= 4 is 49.4 Å². The summed E-state index contributed by atoms with van der Waals surface area (Å²) < 4.78 is 32.3. The summed E-state index contributed by atoms with van der Waals surface area (Å²) in [6.45, 7) is 7.46. The van der Waals surface area contributed by atoms with E-state index in [2.05, 4.69) is 14.9 Å². The minimum atomic E-state index is -3.53. The Hall–Kier alpha value is -2.82. The van der Waals surface area contributed by atoms with Gasteiger partial charge < -0.3 is 9.64 Å². The first-order chi connectivity index (χ1) is 15.8. The van der Waals surface area contributed by atoms with Crippen molar-refractivity contribution in [1.29, 1.82) is 0 Å². The lowest BCUT2D eigenvalue weighted by atomic mass is 10.2. The Morgan fingerprint density at radius 1 is 1.12 bits per heavy atom. The number of aryl methyl sites for hydroxylation is 2. The van der Waals surface area contributed by atoms with Crippen LogP contribution in [-0.4, -0.2) is 61.4 Å². The van der Waals surface area contributed by atoms with Crippen LogP contribution < -0.4 is 4.90 Å². The van der Waals surface area contributed by atoms with Crippen LogP contribution in [-0.2, 0) is 14.8 Å². The van der Waals surface area contributed by atoms with E-state index in [1.54, 1.807) is 13.0 Å². The van der Waals surface area contributed by atoms with Crippen molar-refractivity contribution in [3.05, 3.63) is 57.6 Å². The molecule has 0 spiro atoms. The van der Waals surface area contributed by atoms with E-state index in [4.69, 9.17) is 4.74 Å². The van der Waals surface area contributed by atoms with Gasteiger partial charge in [-0.3, -0.25) is 0 Å². The van der Waals surface area contributed by atoms with E-state index in [-0.39, 0.29) is 5.97 Å². The van der Waals surface area contributed by atoms with Crippen molar-refractivity contribution in [2.45, 2.75) is 20.8 Å². The van der Waals surface area contributed by atoms with Crippen LogP contribution in [0.25, 0.3) is 16.3 Å². The average Bonchev–Trinajstić information content (AvgIpc) is 3.14. The second kappa shape index (κ2) is 9.58. The number of rotatable bonds is 6. The number of hydrogen-bond donors (Lipinski definition) is 0. The molecule has 0 N–H and O–H groups in total. The van der Waals surface area contributed by atoms with Crippen molar-refractivity contribution in [3.8, 4) is 0 Å². The number of fused-ring (bicyclic) bond motifs is 1. The number of benzene rings is 1. The summed E-state index contributed by atoms with van der Waals surface area (Å²) in [4.78, 5) is 24.9. The van der Waals surface area contributed by atoms with Crippen molar-refractivity contribution in [2.24, 2.45) is 0 Å². The molecule has 0 saturated carbocycles. The van der Waals surface area contributed by atoms with Crippen LogP contribution >= 0.6 is 11.3 Å². The number of nitrogens with zero attached hydrogens (tertiary/aromatic N) is 4. The molecule has 1 fully saturated rings. The van der Waals surface area contributed by atoms with Gasteiger partial charge in [-0.1, -0.05) is 30.3 Å². The fourth-order valence-corrected chi connectivity index (χ4v) is 6.10. The van der Waals surface area contributed by atoms with Crippen LogP contribution in [0.15, 0.2) is 35.7 Å². The summed E-state index contributed by atoms with van der Waals surface area (Å²) in [6, 6.07) is 9.35. The third-order valence-electron chi connectivity index (χ3n) is 5.47. The maximum atomic E-state index is 12.8. The molecule has 1 saturated heterocycles. The van der Waals surface area contributed by atoms with Crippen LogP contribution in [0.4, 0.5) is 5.82 Å². The predicted octanol–water partition coefficient (Wildman–Crippen LogP) is 3.61. The molecule has 3 aromatic rings. The molecule has 0 bridgehead atoms. The number of aromatic nitrogens is 2. The maximum absolute atomic E-state index is 12.8. The smallest absolute Gasteiger partial charge is 0.348 e. The van der Waals surface area contributed by atoms with Gasteiger partial charge in [0.2, 0.25) is 10.0 Å². The van der Waals surface area contributed by atoms with Crippen molar-refractivity contribution in [3.63, 3.8) is 0 Å². The summed E-state index contributed by atoms with van der Waals surface area (Å²) in [5.74, 6) is 0.983. The van der Waals surface area contributed by atoms with Crippen molar-refractivity contribution < 1.29 is 17.9 Å². The van der Waals surface area contributed by atoms with Crippen LogP contribution in [0.2, 0.25) is 0 Å². The monoisotopic (exact) mass is 486 g/mol. The van der Waals surface area contributed by atoms with E-state index in [1.165, 1.54) is 21.1 Å². The Kier molecular flexibility index (Phi) is 6.78. The van der Waals surface area contributed by atoms with E-state index < -0.39 is 10.0 Å². The van der Waals surface area contributed by atoms with Gasteiger partial charge in [-0.15, -0.1) is 11.3 Å². The molecule has 1 aromatic carbocycles. The molecule has 2 aromatic heterocycles. The zero-order valence-electron chi connectivity index (χ0n) is 18.8. The molecule has 0 aliphatic carbocycles. The number of sulfonamides is 1. The fraction of sp³-hybridized carbons (Fsp3) is 0.348. The van der Waals surface area contributed by atoms with Crippen LogP contribution in [0.5, 0.6) is 0 Å². The molecule has 4 rings (SSSR count). The second-order valence-corrected chi connectivity index (χ2v) is 10.5. The lowest BCUT2D eigenvalue weighted by Gasteiger charge is -2.34. The Morgan fingerprint density at radius 2 is 1.82 bits per heavy atom. The molecular weight excluding hydrogens is 460 g/mol. The first-order valence-corrected chi connectivity index (χ1v) is 13.0. The first kappa shape index (κ1) is 23.3. The summed E-state index contributed by atoms with van der Waals surface area (Å²) >= 11 is 1.31. The number of piperazine rings is 1. The van der Waals surface area contributed by atoms with Gasteiger partial charge in [0.05, 0.1) is 12.0 Å². The number of carbonyl (C=O) groups excluding carboxylic acids is 1. The normalized spacial score (nSPS) is 15.4. The highest BCUT2D eigenvalue weighted by atomic mass is 32.2. The van der Waals surface area contributed by atoms with Gasteiger partial charge >= 0.3 is 5.97 Å². The van der Waals surface area contributed by atoms with Gasteiger partial charge in [0.25, 0.3) is 0 Å². The van der Waals surface area contributed by atoms with Gasteiger partial charge in [-0.25, -0.2) is 23.2 Å². The van der Waals surface area contributed by atoms with Crippen molar-refractivity contribution in [1.82, 2.24) is 14.3 Å². The summed E-state index contributed by atoms with van der Waals surface area (Å²) in [5.41, 5.74) is 1.63. The summed E-state index contributed by atoms with van der Waals surface area (Å²) in [7, 11) is -3.53. The van der Waals surface area contributed by atoms with Crippen LogP contribution in [0.1, 0.15) is 33.5 Å². The molecule has 33 heavy (non-hydrogen) atoms. The molecule has 10 heteroatoms. The Balaban J connectivity index is 1.55. The van der Waals surface area contributed by atoms with E-state index in [0.717, 1.165) is 27.2 Å². The number of carbonyl (C=O) groups is 1. The predicted molar refractivity (Wildman–Crippen MR) is 131 cm³/mol. The molecule has 1 aliphatic rings. The molecule has 1 aliphatic heterocycles. The van der Waals surface area contributed by atoms with Crippen LogP contribution in [0, 0.1) is 13.8 Å². The third kappa shape index (κ3) is 4.92. The standard InChI is InChI=1S/C23H26N4O4S2/c1-4-31-23(28)20-16(2)19-21(24-17(3)25-22(19)32-20)26-11-13-27(14-12-26)33(29,30)15-10-18-8-6-5-7-9-18/h5-10,15H,4,11-14H2,1-3H3/b15-10+. The average molecular weight is 487 g/mol. The SMILES string of the molecule is CCOC(=O)c1sc2nc(C)nc(N3CCN(S(=O)(=O)/C=C/c4ccccc4)CC3)c2c1C. The number of hydrogen-bond acceptors (Lipinski definition) is 8. The summed E-state index contributed by atoms with van der Waals surface area (Å²) in [5, 5.41) is 2.09. The van der Waals surface area contributed by atoms with Gasteiger partial charge in [0.1, 0.15) is 21.3 Å². The van der Waals surface area contributed by atoms with Gasteiger partial charge in [-0.2, -0.15) is 4.31 Å². The Bertz CT molecular complexity index is 1290. The van der Waals surface area contributed by atoms with E-state index >= 15 is 0 Å². The second-order valence-electron chi connectivity index (χ2n) is 7.70. The molecule has 8 nitrogen and oxygen atoms in total. The lowest BCUT2D eigenvalue weighted by Crippen LogP contribution is -2.48. The highest BCUT2D eigenvalue weighted by Gasteiger charge is 2.29. The molecule has 0 unspecified atom stereocenters. The highest BCUT2D eigenvalue weighted by molar-refractivity contribution is 7.92. The zero-order valence-corrected chi connectivity index (χ0v) is 20.4.